The van der Waals surface area contributed by atoms with Crippen LogP contribution in [0.5, 0.6) is 0 Å². The molecule has 0 aliphatic heterocycles. The maximum absolute atomic E-state index is 13.2. The molecule has 2 nitrogen and oxygen atoms in total. The van der Waals surface area contributed by atoms with Crippen LogP contribution in [0.4, 0.5) is 8.78 Å². The lowest BCUT2D eigenvalue weighted by Gasteiger charge is -2.08. The Morgan fingerprint density at radius 2 is 2.07 bits per heavy atom. The molecule has 0 bridgehead atoms. The quantitative estimate of drug-likeness (QED) is 0.777. The van der Waals surface area contributed by atoms with E-state index in [0.717, 1.165) is 31.0 Å². The summed E-state index contributed by atoms with van der Waals surface area (Å²) in [5, 5.41) is 9.49. The summed E-state index contributed by atoms with van der Waals surface area (Å²) in [5.41, 5.74) is -0.366. The summed E-state index contributed by atoms with van der Waals surface area (Å²) in [6, 6.07) is 2.65. The Bertz CT molecular complexity index is 400. The molecule has 1 unspecified atom stereocenters. The Morgan fingerprint density at radius 3 is 2.67 bits per heavy atom. The number of hydrogen-bond acceptors (Lipinski definition) is 2. The summed E-state index contributed by atoms with van der Waals surface area (Å²) in [4.78, 5) is 11.5. The minimum atomic E-state index is -1.19. The van der Waals surface area contributed by atoms with E-state index in [2.05, 4.69) is 0 Å². The summed E-state index contributed by atoms with van der Waals surface area (Å²) in [6.45, 7) is 0. The number of carbonyl (C=O) groups excluding carboxylic acids is 1. The van der Waals surface area contributed by atoms with E-state index >= 15 is 0 Å². The summed E-state index contributed by atoms with van der Waals surface area (Å²) >= 11 is 0. The molecular weight excluding hydrogens is 202 g/mol. The number of aliphatic hydroxyl groups excluding tert-OH is 1. The molecule has 80 valence electrons. The first-order valence-electron chi connectivity index (χ1n) is 4.77. The Hall–Kier alpha value is -1.29. The molecule has 1 atom stereocenters. The molecule has 1 saturated carbocycles. The molecule has 1 aromatic rings. The first-order chi connectivity index (χ1) is 7.09. The van der Waals surface area contributed by atoms with E-state index in [1.807, 2.05) is 0 Å². The zero-order valence-corrected chi connectivity index (χ0v) is 7.91. The van der Waals surface area contributed by atoms with Crippen LogP contribution in [-0.4, -0.2) is 17.0 Å². The van der Waals surface area contributed by atoms with Crippen molar-refractivity contribution < 1.29 is 18.7 Å². The third kappa shape index (κ3) is 2.04. The van der Waals surface area contributed by atoms with Crippen LogP contribution in [0, 0.1) is 17.6 Å². The fraction of sp³-hybridized carbons (Fsp3) is 0.364. The molecule has 1 aromatic carbocycles. The van der Waals surface area contributed by atoms with Crippen molar-refractivity contribution in [3.05, 3.63) is 35.4 Å². The molecular formula is C11H10F2O2. The van der Waals surface area contributed by atoms with E-state index in [9.17, 15) is 18.7 Å². The third-order valence-electron chi connectivity index (χ3n) is 2.53. The van der Waals surface area contributed by atoms with Crippen molar-refractivity contribution in [2.75, 3.05) is 0 Å². The second kappa shape index (κ2) is 3.70. The van der Waals surface area contributed by atoms with Gasteiger partial charge in [0, 0.05) is 0 Å². The average molecular weight is 212 g/mol. The van der Waals surface area contributed by atoms with Crippen LogP contribution >= 0.6 is 0 Å². The topological polar surface area (TPSA) is 37.3 Å². The van der Waals surface area contributed by atoms with Crippen LogP contribution < -0.4 is 0 Å². The van der Waals surface area contributed by atoms with Crippen LogP contribution in [0.25, 0.3) is 0 Å². The average Bonchev–Trinajstić information content (AvgIpc) is 3.03. The fourth-order valence-electron chi connectivity index (χ4n) is 1.47. The molecule has 15 heavy (non-hydrogen) atoms. The summed E-state index contributed by atoms with van der Waals surface area (Å²) in [5.74, 6) is -2.28. The monoisotopic (exact) mass is 212 g/mol. The molecule has 0 spiro atoms. The Kier molecular flexibility index (Phi) is 2.52. The van der Waals surface area contributed by atoms with Crippen LogP contribution in [0.2, 0.25) is 0 Å². The van der Waals surface area contributed by atoms with Gasteiger partial charge in [0.05, 0.1) is 5.56 Å². The van der Waals surface area contributed by atoms with Crippen LogP contribution in [-0.2, 0) is 0 Å². The summed E-state index contributed by atoms with van der Waals surface area (Å²) in [6.07, 6.45) is 0.342. The highest BCUT2D eigenvalue weighted by atomic mass is 19.1. The van der Waals surface area contributed by atoms with Crippen LogP contribution in [0.1, 0.15) is 23.2 Å². The lowest BCUT2D eigenvalue weighted by Crippen LogP contribution is -2.23. The Balaban J connectivity index is 2.27. The van der Waals surface area contributed by atoms with Crippen molar-refractivity contribution >= 4 is 5.78 Å². The normalized spacial score (nSPS) is 17.5. The van der Waals surface area contributed by atoms with Gasteiger partial charge in [0.15, 0.2) is 5.78 Å². The highest BCUT2D eigenvalue weighted by molar-refractivity contribution is 5.99. The molecule has 0 saturated heterocycles. The standard InChI is InChI=1S/C11H10F2O2/c12-7-3-4-9(13)8(5-7)11(15)10(14)6-1-2-6/h3-6,10,14H,1-2H2. The van der Waals surface area contributed by atoms with Gasteiger partial charge in [-0.3, -0.25) is 4.79 Å². The lowest BCUT2D eigenvalue weighted by molar-refractivity contribution is 0.0699. The van der Waals surface area contributed by atoms with E-state index in [1.54, 1.807) is 0 Å². The van der Waals surface area contributed by atoms with E-state index in [1.165, 1.54) is 0 Å². The summed E-state index contributed by atoms with van der Waals surface area (Å²) < 4.78 is 26.0. The second-order valence-corrected chi connectivity index (χ2v) is 3.77. The van der Waals surface area contributed by atoms with Crippen molar-refractivity contribution in [1.29, 1.82) is 0 Å². The van der Waals surface area contributed by atoms with Crippen molar-refractivity contribution in [2.45, 2.75) is 18.9 Å². The number of halogens is 2. The van der Waals surface area contributed by atoms with Crippen molar-refractivity contribution in [1.82, 2.24) is 0 Å². The predicted molar refractivity (Wildman–Crippen MR) is 49.4 cm³/mol. The van der Waals surface area contributed by atoms with Gasteiger partial charge in [-0.1, -0.05) is 0 Å². The van der Waals surface area contributed by atoms with Crippen LogP contribution in [0.15, 0.2) is 18.2 Å². The number of ketones is 1. The van der Waals surface area contributed by atoms with Gasteiger partial charge in [0.2, 0.25) is 0 Å². The second-order valence-electron chi connectivity index (χ2n) is 3.77. The maximum Gasteiger partial charge on any atom is 0.194 e. The number of Topliss-reactive ketones (excluding diaryl/α,β-unsaturated/α-hetero) is 1. The van der Waals surface area contributed by atoms with Gasteiger partial charge in [-0.2, -0.15) is 0 Å². The maximum atomic E-state index is 13.2. The van der Waals surface area contributed by atoms with Crippen molar-refractivity contribution in [3.8, 4) is 0 Å². The zero-order chi connectivity index (χ0) is 11.0. The molecule has 4 heteroatoms. The van der Waals surface area contributed by atoms with Crippen molar-refractivity contribution in [2.24, 2.45) is 5.92 Å². The fourth-order valence-corrected chi connectivity index (χ4v) is 1.47. The number of hydrogen-bond donors (Lipinski definition) is 1. The van der Waals surface area contributed by atoms with Gasteiger partial charge in [-0.25, -0.2) is 8.78 Å². The van der Waals surface area contributed by atoms with Gasteiger partial charge in [-0.15, -0.1) is 0 Å². The highest BCUT2D eigenvalue weighted by Gasteiger charge is 2.35. The molecule has 0 heterocycles. The molecule has 0 amide bonds. The molecule has 1 aliphatic carbocycles. The number of rotatable bonds is 3. The minimum absolute atomic E-state index is 0.0832. The molecule has 1 N–H and O–H groups in total. The predicted octanol–water partition coefficient (Wildman–Crippen LogP) is 1.92. The largest absolute Gasteiger partial charge is 0.385 e. The first kappa shape index (κ1) is 10.2. The van der Waals surface area contributed by atoms with Gasteiger partial charge in [0.1, 0.15) is 17.7 Å². The van der Waals surface area contributed by atoms with Gasteiger partial charge < -0.3 is 5.11 Å². The van der Waals surface area contributed by atoms with E-state index in [4.69, 9.17) is 0 Å². The minimum Gasteiger partial charge on any atom is -0.385 e. The van der Waals surface area contributed by atoms with Gasteiger partial charge >= 0.3 is 0 Å². The van der Waals surface area contributed by atoms with E-state index in [0.29, 0.717) is 0 Å². The number of carbonyl (C=O) groups is 1. The zero-order valence-electron chi connectivity index (χ0n) is 7.91. The Morgan fingerprint density at radius 1 is 1.40 bits per heavy atom. The molecule has 0 aromatic heterocycles. The van der Waals surface area contributed by atoms with E-state index in [-0.39, 0.29) is 11.5 Å². The smallest absolute Gasteiger partial charge is 0.194 e. The molecule has 0 radical (unpaired) electrons. The molecule has 1 fully saturated rings. The first-order valence-corrected chi connectivity index (χ1v) is 4.77. The summed E-state index contributed by atoms with van der Waals surface area (Å²) in [7, 11) is 0. The van der Waals surface area contributed by atoms with Gasteiger partial charge in [-0.05, 0) is 37.0 Å². The Labute approximate surface area is 85.5 Å². The molecule has 1 aliphatic rings. The highest BCUT2D eigenvalue weighted by Crippen LogP contribution is 2.34. The number of benzene rings is 1. The van der Waals surface area contributed by atoms with Crippen LogP contribution in [0.3, 0.4) is 0 Å². The third-order valence-corrected chi connectivity index (χ3v) is 2.53. The molecule has 2 rings (SSSR count). The number of aliphatic hydroxyl groups is 1. The lowest BCUT2D eigenvalue weighted by atomic mass is 10.0. The van der Waals surface area contributed by atoms with Gasteiger partial charge in [0.25, 0.3) is 0 Å². The van der Waals surface area contributed by atoms with E-state index < -0.39 is 23.5 Å². The van der Waals surface area contributed by atoms with Crippen molar-refractivity contribution in [3.63, 3.8) is 0 Å². The SMILES string of the molecule is O=C(c1cc(F)ccc1F)C(O)C1CC1.